The van der Waals surface area contributed by atoms with E-state index >= 15 is 0 Å². The van der Waals surface area contributed by atoms with Crippen LogP contribution in [-0.4, -0.2) is 50.1 Å². The molecule has 0 unspecified atom stereocenters. The van der Waals surface area contributed by atoms with Crippen LogP contribution in [0.3, 0.4) is 0 Å². The van der Waals surface area contributed by atoms with Crippen molar-refractivity contribution in [1.82, 2.24) is 10.2 Å². The summed E-state index contributed by atoms with van der Waals surface area (Å²) in [5.74, 6) is 1.80. The summed E-state index contributed by atoms with van der Waals surface area (Å²) in [4.78, 5) is 9.44. The molecule has 1 heterocycles. The molecule has 23 heavy (non-hydrogen) atoms. The molecule has 1 aromatic rings. The number of benzene rings is 1. The summed E-state index contributed by atoms with van der Waals surface area (Å²) in [7, 11) is 0. The van der Waals surface area contributed by atoms with Crippen molar-refractivity contribution >= 4 is 11.6 Å². The third kappa shape index (κ3) is 4.60. The Kier molecular flexibility index (Phi) is 5.36. The number of aliphatic imine (C=N–C) groups is 1. The fraction of sp³-hybridized carbons (Fsp3) is 0.611. The molecule has 1 aliphatic carbocycles. The number of hydrogen-bond donors (Lipinski definition) is 1. The number of anilines is 1. The number of rotatable bonds is 5. The van der Waals surface area contributed by atoms with Crippen LogP contribution in [0.4, 0.5) is 10.1 Å². The number of nitrogens with one attached hydrogen (secondary N) is 1. The summed E-state index contributed by atoms with van der Waals surface area (Å²) in [5.41, 5.74) is 1.10. The second kappa shape index (κ2) is 7.66. The molecule has 0 radical (unpaired) electrons. The minimum Gasteiger partial charge on any atom is -0.368 e. The fourth-order valence-electron chi connectivity index (χ4n) is 3.01. The Labute approximate surface area is 138 Å². The SMILES string of the molecule is CCNC(=NCCC1CC1)N1CCN(c2ccc(F)cc2)CC1. The Morgan fingerprint density at radius 1 is 1.17 bits per heavy atom. The second-order valence-corrected chi connectivity index (χ2v) is 6.42. The van der Waals surface area contributed by atoms with Crippen LogP contribution in [0, 0.1) is 11.7 Å². The average Bonchev–Trinajstić information content (AvgIpc) is 3.39. The quantitative estimate of drug-likeness (QED) is 0.669. The average molecular weight is 318 g/mol. The molecule has 4 nitrogen and oxygen atoms in total. The number of piperazine rings is 1. The highest BCUT2D eigenvalue weighted by atomic mass is 19.1. The second-order valence-electron chi connectivity index (χ2n) is 6.42. The summed E-state index contributed by atoms with van der Waals surface area (Å²) in [6.45, 7) is 7.74. The van der Waals surface area contributed by atoms with Gasteiger partial charge in [-0.3, -0.25) is 4.99 Å². The van der Waals surface area contributed by atoms with E-state index in [-0.39, 0.29) is 5.82 Å². The largest absolute Gasteiger partial charge is 0.368 e. The van der Waals surface area contributed by atoms with Crippen LogP contribution in [-0.2, 0) is 0 Å². The van der Waals surface area contributed by atoms with Gasteiger partial charge >= 0.3 is 0 Å². The predicted molar refractivity (Wildman–Crippen MR) is 93.5 cm³/mol. The van der Waals surface area contributed by atoms with Crippen molar-refractivity contribution < 1.29 is 4.39 Å². The zero-order valence-electron chi connectivity index (χ0n) is 14.0. The van der Waals surface area contributed by atoms with Crippen LogP contribution < -0.4 is 10.2 Å². The van der Waals surface area contributed by atoms with Gasteiger partial charge < -0.3 is 15.1 Å². The van der Waals surface area contributed by atoms with Crippen molar-refractivity contribution in [2.24, 2.45) is 10.9 Å². The van der Waals surface area contributed by atoms with Gasteiger partial charge in [0, 0.05) is 45.0 Å². The Morgan fingerprint density at radius 2 is 1.87 bits per heavy atom. The van der Waals surface area contributed by atoms with E-state index in [0.29, 0.717) is 0 Å². The number of nitrogens with zero attached hydrogens (tertiary/aromatic N) is 3. The summed E-state index contributed by atoms with van der Waals surface area (Å²) >= 11 is 0. The van der Waals surface area contributed by atoms with Crippen molar-refractivity contribution in [1.29, 1.82) is 0 Å². The Balaban J connectivity index is 1.53. The lowest BCUT2D eigenvalue weighted by Crippen LogP contribution is -2.52. The fourth-order valence-corrected chi connectivity index (χ4v) is 3.01. The molecule has 1 aromatic carbocycles. The number of hydrogen-bond acceptors (Lipinski definition) is 2. The van der Waals surface area contributed by atoms with E-state index in [1.54, 1.807) is 0 Å². The van der Waals surface area contributed by atoms with Gasteiger partial charge in [0.25, 0.3) is 0 Å². The first kappa shape index (κ1) is 16.1. The molecule has 0 atom stereocenters. The predicted octanol–water partition coefficient (Wildman–Crippen LogP) is 2.71. The molecule has 1 saturated heterocycles. The first-order valence-corrected chi connectivity index (χ1v) is 8.80. The Morgan fingerprint density at radius 3 is 2.48 bits per heavy atom. The maximum atomic E-state index is 13.0. The van der Waals surface area contributed by atoms with Crippen LogP contribution in [0.1, 0.15) is 26.2 Å². The molecule has 2 aliphatic rings. The Bertz CT molecular complexity index is 516. The highest BCUT2D eigenvalue weighted by molar-refractivity contribution is 5.80. The van der Waals surface area contributed by atoms with Crippen molar-refractivity contribution in [3.05, 3.63) is 30.1 Å². The highest BCUT2D eigenvalue weighted by Gasteiger charge is 2.22. The van der Waals surface area contributed by atoms with Gasteiger partial charge in [-0.1, -0.05) is 12.8 Å². The smallest absolute Gasteiger partial charge is 0.194 e. The minimum atomic E-state index is -0.176. The summed E-state index contributed by atoms with van der Waals surface area (Å²) in [5, 5.41) is 3.42. The van der Waals surface area contributed by atoms with Crippen LogP contribution in [0.5, 0.6) is 0 Å². The van der Waals surface area contributed by atoms with E-state index in [1.165, 1.54) is 31.4 Å². The van der Waals surface area contributed by atoms with Gasteiger partial charge in [0.2, 0.25) is 0 Å². The Hall–Kier alpha value is -1.78. The van der Waals surface area contributed by atoms with E-state index in [2.05, 4.69) is 22.0 Å². The zero-order chi connectivity index (χ0) is 16.1. The highest BCUT2D eigenvalue weighted by Crippen LogP contribution is 2.32. The van der Waals surface area contributed by atoms with E-state index < -0.39 is 0 Å². The van der Waals surface area contributed by atoms with Crippen LogP contribution >= 0.6 is 0 Å². The van der Waals surface area contributed by atoms with Crippen molar-refractivity contribution in [3.8, 4) is 0 Å². The topological polar surface area (TPSA) is 30.9 Å². The maximum absolute atomic E-state index is 13.0. The molecule has 1 aliphatic heterocycles. The van der Waals surface area contributed by atoms with E-state index in [0.717, 1.165) is 56.8 Å². The van der Waals surface area contributed by atoms with Crippen molar-refractivity contribution in [3.63, 3.8) is 0 Å². The monoisotopic (exact) mass is 318 g/mol. The van der Waals surface area contributed by atoms with E-state index in [4.69, 9.17) is 4.99 Å². The lowest BCUT2D eigenvalue weighted by molar-refractivity contribution is 0.372. The first-order chi connectivity index (χ1) is 11.3. The van der Waals surface area contributed by atoms with E-state index in [9.17, 15) is 4.39 Å². The van der Waals surface area contributed by atoms with Gasteiger partial charge in [0.15, 0.2) is 5.96 Å². The van der Waals surface area contributed by atoms with Crippen LogP contribution in [0.25, 0.3) is 0 Å². The molecule has 126 valence electrons. The molecule has 3 rings (SSSR count). The molecule has 1 N–H and O–H groups in total. The molecule has 0 bridgehead atoms. The summed E-state index contributed by atoms with van der Waals surface area (Å²) < 4.78 is 13.0. The third-order valence-corrected chi connectivity index (χ3v) is 4.60. The molecule has 0 spiro atoms. The molecule has 5 heteroatoms. The van der Waals surface area contributed by atoms with Gasteiger partial charge in [-0.25, -0.2) is 4.39 Å². The van der Waals surface area contributed by atoms with Gasteiger partial charge in [-0.2, -0.15) is 0 Å². The lowest BCUT2D eigenvalue weighted by Gasteiger charge is -2.37. The molecular weight excluding hydrogens is 291 g/mol. The van der Waals surface area contributed by atoms with Gasteiger partial charge in [0.05, 0.1) is 0 Å². The summed E-state index contributed by atoms with van der Waals surface area (Å²) in [6.07, 6.45) is 4.01. The molecule has 2 fully saturated rings. The molecule has 0 aromatic heterocycles. The van der Waals surface area contributed by atoms with Crippen LogP contribution in [0.2, 0.25) is 0 Å². The number of guanidine groups is 1. The minimum absolute atomic E-state index is 0.176. The lowest BCUT2D eigenvalue weighted by atomic mass is 10.2. The third-order valence-electron chi connectivity index (χ3n) is 4.60. The van der Waals surface area contributed by atoms with Gasteiger partial charge in [-0.05, 0) is 43.5 Å². The van der Waals surface area contributed by atoms with Crippen molar-refractivity contribution in [2.75, 3.05) is 44.2 Å². The maximum Gasteiger partial charge on any atom is 0.194 e. The van der Waals surface area contributed by atoms with E-state index in [1.807, 2.05) is 12.1 Å². The van der Waals surface area contributed by atoms with Gasteiger partial charge in [0.1, 0.15) is 5.82 Å². The summed E-state index contributed by atoms with van der Waals surface area (Å²) in [6, 6.07) is 6.79. The molecular formula is C18H27FN4. The van der Waals surface area contributed by atoms with Crippen molar-refractivity contribution in [2.45, 2.75) is 26.2 Å². The standard InChI is InChI=1S/C18H27FN4/c1-2-20-18(21-10-9-15-3-4-15)23-13-11-22(12-14-23)17-7-5-16(19)6-8-17/h5-8,15H,2-4,9-14H2,1H3,(H,20,21). The zero-order valence-corrected chi connectivity index (χ0v) is 14.0. The van der Waals surface area contributed by atoms with Gasteiger partial charge in [-0.15, -0.1) is 0 Å². The molecule has 0 amide bonds. The molecule has 1 saturated carbocycles. The normalized spacial score (nSPS) is 19.1. The van der Waals surface area contributed by atoms with Crippen LogP contribution in [0.15, 0.2) is 29.3 Å². The number of halogens is 1. The first-order valence-electron chi connectivity index (χ1n) is 8.80.